The van der Waals surface area contributed by atoms with Gasteiger partial charge in [0.15, 0.2) is 11.6 Å². The third kappa shape index (κ3) is 4.01. The molecule has 5 nitrogen and oxygen atoms in total. The van der Waals surface area contributed by atoms with Crippen LogP contribution in [-0.2, 0) is 19.1 Å². The van der Waals surface area contributed by atoms with Crippen LogP contribution >= 0.6 is 0 Å². The Kier molecular flexibility index (Phi) is 6.21. The van der Waals surface area contributed by atoms with Crippen LogP contribution in [0.2, 0.25) is 0 Å². The van der Waals surface area contributed by atoms with Gasteiger partial charge in [0.25, 0.3) is 0 Å². The molecule has 0 aromatic rings. The lowest BCUT2D eigenvalue weighted by Crippen LogP contribution is -2.56. The van der Waals surface area contributed by atoms with Gasteiger partial charge in [-0.25, -0.2) is 0 Å². The molecule has 0 aromatic heterocycles. The van der Waals surface area contributed by atoms with Gasteiger partial charge in [0.1, 0.15) is 11.4 Å². The van der Waals surface area contributed by atoms with Crippen molar-refractivity contribution in [1.82, 2.24) is 0 Å². The monoisotopic (exact) mass is 484 g/mol. The molecule has 4 rings (SSSR count). The second-order valence-electron chi connectivity index (χ2n) is 13.4. The molecule has 1 heterocycles. The molecule has 0 radical (unpaired) electrons. The van der Waals surface area contributed by atoms with E-state index in [0.29, 0.717) is 38.5 Å². The summed E-state index contributed by atoms with van der Waals surface area (Å²) >= 11 is 0. The topological polar surface area (TPSA) is 80.7 Å². The zero-order valence-corrected chi connectivity index (χ0v) is 23.0. The Morgan fingerprint density at radius 2 is 1.57 bits per heavy atom. The van der Waals surface area contributed by atoms with Gasteiger partial charge in [-0.3, -0.25) is 14.4 Å². The molecule has 5 atom stereocenters. The van der Waals surface area contributed by atoms with E-state index in [-0.39, 0.29) is 40.2 Å². The highest BCUT2D eigenvalue weighted by Gasteiger charge is 2.57. The fourth-order valence-electron chi connectivity index (χ4n) is 7.99. The molecule has 35 heavy (non-hydrogen) atoms. The lowest BCUT2D eigenvalue weighted by atomic mass is 9.52. The molecular weight excluding hydrogens is 440 g/mol. The number of aliphatic hydroxyl groups is 1. The van der Waals surface area contributed by atoms with E-state index in [1.165, 1.54) is 0 Å². The van der Waals surface area contributed by atoms with Crippen molar-refractivity contribution in [2.24, 2.45) is 22.2 Å². The number of Topliss-reactive ketones (excluding diaryl/α,β-unsaturated/α-hetero) is 2. The molecule has 4 aliphatic rings. The molecule has 3 fully saturated rings. The van der Waals surface area contributed by atoms with Gasteiger partial charge >= 0.3 is 0 Å². The van der Waals surface area contributed by atoms with Crippen molar-refractivity contribution >= 4 is 17.3 Å². The van der Waals surface area contributed by atoms with Gasteiger partial charge in [0, 0.05) is 23.7 Å². The van der Waals surface area contributed by atoms with Crippen LogP contribution < -0.4 is 0 Å². The second kappa shape index (κ2) is 8.21. The third-order valence-corrected chi connectivity index (χ3v) is 10.5. The largest absolute Gasteiger partial charge is 0.390 e. The number of ether oxygens (including phenoxy) is 1. The average molecular weight is 485 g/mol. The number of rotatable bonds is 3. The SMILES string of the molecule is CC1=C(CCC2C(C)(O)CCC3OC(C)(C)C(=O)CCC32C)C2(C)CCC(=O)C(C)(C)C2=CC1=O. The van der Waals surface area contributed by atoms with E-state index < -0.39 is 16.6 Å². The molecule has 3 aliphatic carbocycles. The number of carbonyl (C=O) groups excluding carboxylic acids is 3. The summed E-state index contributed by atoms with van der Waals surface area (Å²) < 4.78 is 6.44. The van der Waals surface area contributed by atoms with E-state index in [0.717, 1.165) is 29.6 Å². The number of hydrogen-bond donors (Lipinski definition) is 1. The first-order chi connectivity index (χ1) is 16.0. The molecule has 0 aromatic carbocycles. The van der Waals surface area contributed by atoms with Crippen molar-refractivity contribution in [2.45, 2.75) is 124 Å². The molecule has 0 bridgehead atoms. The summed E-state index contributed by atoms with van der Waals surface area (Å²) in [6.45, 7) is 15.9. The standard InChI is InChI=1S/C30H44O5/c1-18-19(28(6)14-11-23(32)26(2,3)22(28)17-20(18)31)9-10-21-29(7)15-12-24(33)27(4,5)35-25(29)13-16-30(21,8)34/h17,21,25,34H,9-16H2,1-8H3. The second-order valence-corrected chi connectivity index (χ2v) is 13.4. The Morgan fingerprint density at radius 3 is 2.23 bits per heavy atom. The zero-order valence-electron chi connectivity index (χ0n) is 23.0. The Balaban J connectivity index is 1.68. The quantitative estimate of drug-likeness (QED) is 0.557. The van der Waals surface area contributed by atoms with Crippen LogP contribution in [0.4, 0.5) is 0 Å². The van der Waals surface area contributed by atoms with Gasteiger partial charge in [-0.2, -0.15) is 0 Å². The molecule has 0 spiro atoms. The minimum Gasteiger partial charge on any atom is -0.390 e. The molecule has 0 amide bonds. The predicted molar refractivity (Wildman–Crippen MR) is 136 cm³/mol. The molecule has 5 unspecified atom stereocenters. The maximum absolute atomic E-state index is 13.1. The smallest absolute Gasteiger partial charge is 0.181 e. The van der Waals surface area contributed by atoms with Crippen molar-refractivity contribution in [3.05, 3.63) is 22.8 Å². The van der Waals surface area contributed by atoms with E-state index in [9.17, 15) is 19.5 Å². The predicted octanol–water partition coefficient (Wildman–Crippen LogP) is 5.68. The molecule has 5 heteroatoms. The summed E-state index contributed by atoms with van der Waals surface area (Å²) in [6, 6.07) is 0. The van der Waals surface area contributed by atoms with Crippen LogP contribution in [-0.4, -0.2) is 39.8 Å². The Hall–Kier alpha value is -1.59. The summed E-state index contributed by atoms with van der Waals surface area (Å²) in [7, 11) is 0. The van der Waals surface area contributed by atoms with Crippen molar-refractivity contribution in [2.75, 3.05) is 0 Å². The van der Waals surface area contributed by atoms with Crippen LogP contribution in [0, 0.1) is 22.2 Å². The van der Waals surface area contributed by atoms with Crippen LogP contribution in [0.3, 0.4) is 0 Å². The van der Waals surface area contributed by atoms with Gasteiger partial charge < -0.3 is 9.84 Å². The molecular formula is C30H44O5. The first kappa shape index (κ1) is 26.5. The Morgan fingerprint density at radius 1 is 0.943 bits per heavy atom. The highest BCUT2D eigenvalue weighted by molar-refractivity contribution is 6.07. The van der Waals surface area contributed by atoms with Gasteiger partial charge in [-0.15, -0.1) is 0 Å². The number of ketones is 3. The van der Waals surface area contributed by atoms with Gasteiger partial charge in [-0.1, -0.05) is 19.4 Å². The van der Waals surface area contributed by atoms with Crippen LogP contribution in [0.5, 0.6) is 0 Å². The minimum absolute atomic E-state index is 0.000103. The van der Waals surface area contributed by atoms with E-state index in [1.807, 2.05) is 41.5 Å². The molecule has 194 valence electrons. The average Bonchev–Trinajstić information content (AvgIpc) is 2.84. The van der Waals surface area contributed by atoms with Crippen molar-refractivity contribution < 1.29 is 24.2 Å². The summed E-state index contributed by atoms with van der Waals surface area (Å²) in [5.74, 6) is 0.252. The highest BCUT2D eigenvalue weighted by Crippen LogP contribution is 2.59. The molecule has 1 aliphatic heterocycles. The minimum atomic E-state index is -0.874. The van der Waals surface area contributed by atoms with Gasteiger partial charge in [-0.05, 0) is 109 Å². The normalized spacial score (nSPS) is 41.2. The van der Waals surface area contributed by atoms with Gasteiger partial charge in [0.2, 0.25) is 0 Å². The lowest BCUT2D eigenvalue weighted by Gasteiger charge is -2.54. The number of hydrogen-bond acceptors (Lipinski definition) is 5. The van der Waals surface area contributed by atoms with Gasteiger partial charge in [0.05, 0.1) is 11.7 Å². The zero-order chi connectivity index (χ0) is 26.2. The summed E-state index contributed by atoms with van der Waals surface area (Å²) in [6.07, 6.45) is 6.78. The Bertz CT molecular complexity index is 1030. The van der Waals surface area contributed by atoms with Crippen molar-refractivity contribution in [3.63, 3.8) is 0 Å². The summed E-state index contributed by atoms with van der Waals surface area (Å²) in [5, 5.41) is 11.6. The van der Waals surface area contributed by atoms with E-state index in [1.54, 1.807) is 6.08 Å². The number of carbonyl (C=O) groups is 3. The maximum Gasteiger partial charge on any atom is 0.181 e. The van der Waals surface area contributed by atoms with Crippen molar-refractivity contribution in [3.8, 4) is 0 Å². The highest BCUT2D eigenvalue weighted by atomic mass is 16.5. The number of allylic oxidation sites excluding steroid dienone is 4. The first-order valence-electron chi connectivity index (χ1n) is 13.4. The van der Waals surface area contributed by atoms with E-state index >= 15 is 0 Å². The summed E-state index contributed by atoms with van der Waals surface area (Å²) in [5.41, 5.74) is -0.146. The van der Waals surface area contributed by atoms with Crippen LogP contribution in [0.1, 0.15) is 107 Å². The third-order valence-electron chi connectivity index (χ3n) is 10.5. The molecule has 1 saturated heterocycles. The lowest BCUT2D eigenvalue weighted by molar-refractivity contribution is -0.195. The molecule has 1 N–H and O–H groups in total. The number of fused-ring (bicyclic) bond motifs is 2. The fraction of sp³-hybridized carbons (Fsp3) is 0.767. The summed E-state index contributed by atoms with van der Waals surface area (Å²) in [4.78, 5) is 38.6. The first-order valence-corrected chi connectivity index (χ1v) is 13.4. The van der Waals surface area contributed by atoms with Crippen molar-refractivity contribution in [1.29, 1.82) is 0 Å². The maximum atomic E-state index is 13.1. The van der Waals surface area contributed by atoms with E-state index in [4.69, 9.17) is 4.74 Å². The van der Waals surface area contributed by atoms with E-state index in [2.05, 4.69) is 13.8 Å². The molecule has 2 saturated carbocycles. The fourth-order valence-corrected chi connectivity index (χ4v) is 7.99. The Labute approximate surface area is 210 Å². The van der Waals surface area contributed by atoms with Crippen LogP contribution in [0.25, 0.3) is 0 Å². The van der Waals surface area contributed by atoms with Crippen LogP contribution in [0.15, 0.2) is 22.8 Å².